The van der Waals surface area contributed by atoms with Crippen molar-refractivity contribution in [1.82, 2.24) is 14.8 Å². The monoisotopic (exact) mass is 395 g/mol. The Labute approximate surface area is 171 Å². The van der Waals surface area contributed by atoms with Gasteiger partial charge in [-0.1, -0.05) is 18.9 Å². The summed E-state index contributed by atoms with van der Waals surface area (Å²) in [6, 6.07) is 8.82. The largest absolute Gasteiger partial charge is 0.490 e. The third-order valence-electron chi connectivity index (χ3n) is 6.78. The third kappa shape index (κ3) is 3.61. The molecule has 1 aromatic carbocycles. The van der Waals surface area contributed by atoms with E-state index in [1.54, 1.807) is 0 Å². The van der Waals surface area contributed by atoms with Crippen LogP contribution in [-0.4, -0.2) is 46.5 Å². The van der Waals surface area contributed by atoms with Crippen LogP contribution in [0.15, 0.2) is 30.5 Å². The number of carbonyl (C=O) groups excluding carboxylic acids is 2. The van der Waals surface area contributed by atoms with Crippen LogP contribution in [0.25, 0.3) is 10.9 Å². The second-order valence-corrected chi connectivity index (χ2v) is 8.65. The van der Waals surface area contributed by atoms with Crippen molar-refractivity contribution in [2.24, 2.45) is 0 Å². The van der Waals surface area contributed by atoms with Crippen molar-refractivity contribution >= 4 is 22.7 Å². The van der Waals surface area contributed by atoms with Gasteiger partial charge in [0.05, 0.1) is 5.52 Å². The lowest BCUT2D eigenvalue weighted by atomic mass is 10.1. The number of likely N-dealkylation sites (tertiary alicyclic amines) is 1. The zero-order valence-corrected chi connectivity index (χ0v) is 16.8. The first-order valence-electron chi connectivity index (χ1n) is 11.0. The number of carbonyl (C=O) groups is 2. The number of piperidine rings is 1. The van der Waals surface area contributed by atoms with Gasteiger partial charge in [0.2, 0.25) is 11.8 Å². The van der Waals surface area contributed by atoms with E-state index in [2.05, 4.69) is 40.3 Å². The Bertz CT molecular complexity index is 907. The van der Waals surface area contributed by atoms with Gasteiger partial charge in [0.15, 0.2) is 0 Å². The summed E-state index contributed by atoms with van der Waals surface area (Å²) in [5, 5.41) is 3.97. The number of nitrogens with zero attached hydrogens (tertiary/aromatic N) is 2. The van der Waals surface area contributed by atoms with E-state index in [4.69, 9.17) is 4.74 Å². The smallest absolute Gasteiger partial charge is 0.245 e. The molecule has 3 aliphatic rings. The molecule has 0 radical (unpaired) electrons. The molecule has 6 nitrogen and oxygen atoms in total. The van der Waals surface area contributed by atoms with E-state index in [0.29, 0.717) is 32.0 Å². The second kappa shape index (κ2) is 7.73. The van der Waals surface area contributed by atoms with Gasteiger partial charge in [-0.15, -0.1) is 0 Å². The zero-order chi connectivity index (χ0) is 19.8. The van der Waals surface area contributed by atoms with Gasteiger partial charge in [-0.2, -0.15) is 0 Å². The average Bonchev–Trinajstić information content (AvgIpc) is 3.48. The number of nitrogens with one attached hydrogen (secondary N) is 1. The van der Waals surface area contributed by atoms with Crippen LogP contribution in [0.3, 0.4) is 0 Å². The van der Waals surface area contributed by atoms with Crippen molar-refractivity contribution in [1.29, 1.82) is 0 Å². The number of amides is 2. The fourth-order valence-electron chi connectivity index (χ4n) is 5.16. The topological polar surface area (TPSA) is 63.6 Å². The maximum absolute atomic E-state index is 12.6. The highest BCUT2D eigenvalue weighted by Gasteiger charge is 2.33. The predicted octanol–water partition coefficient (Wildman–Crippen LogP) is 3.40. The Morgan fingerprint density at radius 2 is 1.83 bits per heavy atom. The summed E-state index contributed by atoms with van der Waals surface area (Å²) >= 11 is 0. The summed E-state index contributed by atoms with van der Waals surface area (Å²) in [7, 11) is 0. The van der Waals surface area contributed by atoms with E-state index in [-0.39, 0.29) is 24.0 Å². The summed E-state index contributed by atoms with van der Waals surface area (Å²) in [5.74, 6) is 0.997. The molecule has 1 unspecified atom stereocenters. The van der Waals surface area contributed by atoms with Gasteiger partial charge in [-0.25, -0.2) is 0 Å². The van der Waals surface area contributed by atoms with E-state index < -0.39 is 0 Å². The van der Waals surface area contributed by atoms with Gasteiger partial charge < -0.3 is 19.5 Å². The summed E-state index contributed by atoms with van der Waals surface area (Å²) in [6.45, 7) is 1.38. The minimum absolute atomic E-state index is 0.0146. The molecule has 29 heavy (non-hydrogen) atoms. The minimum Gasteiger partial charge on any atom is -0.490 e. The quantitative estimate of drug-likeness (QED) is 0.863. The lowest BCUT2D eigenvalue weighted by Crippen LogP contribution is -2.49. The highest BCUT2D eigenvalue weighted by Crippen LogP contribution is 2.36. The van der Waals surface area contributed by atoms with Gasteiger partial charge in [-0.05, 0) is 37.5 Å². The molecule has 2 aromatic rings. The molecule has 3 heterocycles. The number of benzene rings is 1. The maximum atomic E-state index is 12.6. The van der Waals surface area contributed by atoms with Crippen LogP contribution in [0, 0.1) is 0 Å². The molecule has 2 saturated heterocycles. The first-order valence-corrected chi connectivity index (χ1v) is 11.0. The highest BCUT2D eigenvalue weighted by molar-refractivity contribution is 5.91. The average molecular weight is 396 g/mol. The molecular weight excluding hydrogens is 366 g/mol. The van der Waals surface area contributed by atoms with Gasteiger partial charge in [0.1, 0.15) is 17.9 Å². The molecular formula is C23H29N3O3. The molecule has 2 amide bonds. The molecule has 5 rings (SSSR count). The SMILES string of the molecule is O=C1CCC(C(=O)N2CCC(Oc3cccc4c3ccn4C3CCCC3)CC2)N1. The van der Waals surface area contributed by atoms with Gasteiger partial charge in [0.25, 0.3) is 0 Å². The fourth-order valence-corrected chi connectivity index (χ4v) is 5.16. The molecule has 6 heteroatoms. The zero-order valence-electron chi connectivity index (χ0n) is 16.8. The van der Waals surface area contributed by atoms with Crippen molar-refractivity contribution in [3.63, 3.8) is 0 Å². The van der Waals surface area contributed by atoms with Gasteiger partial charge in [-0.3, -0.25) is 9.59 Å². The van der Waals surface area contributed by atoms with Crippen LogP contribution in [0.5, 0.6) is 5.75 Å². The Morgan fingerprint density at radius 1 is 1.03 bits per heavy atom. The molecule has 1 aromatic heterocycles. The van der Waals surface area contributed by atoms with Crippen molar-refractivity contribution in [2.75, 3.05) is 13.1 Å². The molecule has 1 aliphatic carbocycles. The Morgan fingerprint density at radius 3 is 2.55 bits per heavy atom. The molecule has 1 N–H and O–H groups in total. The van der Waals surface area contributed by atoms with E-state index in [9.17, 15) is 9.59 Å². The normalized spacial score (nSPS) is 23.7. The highest BCUT2D eigenvalue weighted by atomic mass is 16.5. The number of hydrogen-bond acceptors (Lipinski definition) is 3. The maximum Gasteiger partial charge on any atom is 0.245 e. The molecule has 0 spiro atoms. The molecule has 0 bridgehead atoms. The van der Waals surface area contributed by atoms with Crippen molar-refractivity contribution in [3.05, 3.63) is 30.5 Å². The van der Waals surface area contributed by atoms with Crippen molar-refractivity contribution < 1.29 is 14.3 Å². The number of hydrogen-bond donors (Lipinski definition) is 1. The number of fused-ring (bicyclic) bond motifs is 1. The van der Waals surface area contributed by atoms with E-state index in [1.165, 1.54) is 36.6 Å². The molecule has 1 saturated carbocycles. The fraction of sp³-hybridized carbons (Fsp3) is 0.565. The van der Waals surface area contributed by atoms with Crippen molar-refractivity contribution in [3.8, 4) is 5.75 Å². The lowest BCUT2D eigenvalue weighted by molar-refractivity contribution is -0.136. The van der Waals surface area contributed by atoms with Crippen molar-refractivity contribution in [2.45, 2.75) is 69.6 Å². The van der Waals surface area contributed by atoms with Crippen LogP contribution >= 0.6 is 0 Å². The summed E-state index contributed by atoms with van der Waals surface area (Å²) < 4.78 is 8.82. The van der Waals surface area contributed by atoms with Crippen LogP contribution in [0.1, 0.15) is 57.4 Å². The van der Waals surface area contributed by atoms with E-state index in [1.807, 2.05) is 4.90 Å². The Hall–Kier alpha value is -2.50. The number of ether oxygens (including phenoxy) is 1. The predicted molar refractivity (Wildman–Crippen MR) is 111 cm³/mol. The van der Waals surface area contributed by atoms with Gasteiger partial charge in [0, 0.05) is 50.0 Å². The Kier molecular flexibility index (Phi) is 4.94. The number of rotatable bonds is 4. The molecule has 154 valence electrons. The van der Waals surface area contributed by atoms with E-state index >= 15 is 0 Å². The van der Waals surface area contributed by atoms with Crippen LogP contribution in [-0.2, 0) is 9.59 Å². The van der Waals surface area contributed by atoms with Crippen LogP contribution < -0.4 is 10.1 Å². The first kappa shape index (κ1) is 18.5. The van der Waals surface area contributed by atoms with E-state index in [0.717, 1.165) is 18.6 Å². The molecule has 1 atom stereocenters. The standard InChI is InChI=1S/C23H29N3O3/c27-22-9-8-19(24-22)23(28)25-13-10-17(11-14-25)29-21-7-3-6-20-18(21)12-15-26(20)16-4-1-2-5-16/h3,6-7,12,15-17,19H,1-2,4-5,8-11,13-14H2,(H,24,27). The minimum atomic E-state index is -0.330. The molecule has 3 fully saturated rings. The number of aromatic nitrogens is 1. The third-order valence-corrected chi connectivity index (χ3v) is 6.78. The summed E-state index contributed by atoms with van der Waals surface area (Å²) in [4.78, 5) is 25.8. The first-order chi connectivity index (χ1) is 14.2. The Balaban J connectivity index is 1.23. The lowest BCUT2D eigenvalue weighted by Gasteiger charge is -2.33. The second-order valence-electron chi connectivity index (χ2n) is 8.65. The van der Waals surface area contributed by atoms with Crippen LogP contribution in [0.2, 0.25) is 0 Å². The summed E-state index contributed by atoms with van der Waals surface area (Å²) in [5.41, 5.74) is 1.26. The van der Waals surface area contributed by atoms with Gasteiger partial charge >= 0.3 is 0 Å². The molecule has 2 aliphatic heterocycles. The van der Waals surface area contributed by atoms with Crippen LogP contribution in [0.4, 0.5) is 0 Å². The summed E-state index contributed by atoms with van der Waals surface area (Å²) in [6.07, 6.45) is 10.2.